The summed E-state index contributed by atoms with van der Waals surface area (Å²) in [6.07, 6.45) is -4.31. The van der Waals surface area contributed by atoms with E-state index in [0.29, 0.717) is 6.08 Å². The van der Waals surface area contributed by atoms with Gasteiger partial charge in [0.15, 0.2) is 5.76 Å². The van der Waals surface area contributed by atoms with E-state index < -0.39 is 18.0 Å². The van der Waals surface area contributed by atoms with Crippen molar-refractivity contribution in [2.24, 2.45) is 0 Å². The molecule has 0 radical (unpaired) electrons. The quantitative estimate of drug-likeness (QED) is 0.268. The zero-order valence-corrected chi connectivity index (χ0v) is 12.9. The molecule has 1 aliphatic heterocycles. The Morgan fingerprint density at radius 3 is 2.29 bits per heavy atom. The average molecular weight is 346 g/mol. The highest BCUT2D eigenvalue weighted by Gasteiger charge is 2.33. The largest absolute Gasteiger partial charge is 0.504 e. The number of carbonyl (C=O) groups excluding carboxylic acids is 1. The van der Waals surface area contributed by atoms with E-state index in [1.807, 2.05) is 0 Å². The van der Waals surface area contributed by atoms with E-state index in [2.05, 4.69) is 0 Å². The molecule has 1 rings (SSSR count). The molecule has 1 saturated heterocycles. The first-order valence-electron chi connectivity index (χ1n) is 7.04. The molecule has 0 atom stereocenters. The third-order valence-corrected chi connectivity index (χ3v) is 3.20. The Kier molecular flexibility index (Phi) is 6.64. The number of amidine groups is 1. The molecule has 0 aromatic carbocycles. The monoisotopic (exact) mass is 346 g/mol. The number of piperazine rings is 1. The average Bonchev–Trinajstić information content (AvgIpc) is 2.54. The lowest BCUT2D eigenvalue weighted by Crippen LogP contribution is -2.50. The summed E-state index contributed by atoms with van der Waals surface area (Å²) >= 11 is 0. The van der Waals surface area contributed by atoms with Gasteiger partial charge >= 0.3 is 12.3 Å². The molecule has 0 bridgehead atoms. The van der Waals surface area contributed by atoms with Crippen molar-refractivity contribution >= 4 is 11.9 Å². The number of rotatable bonds is 3. The van der Waals surface area contributed by atoms with Crippen molar-refractivity contribution in [3.8, 4) is 6.07 Å². The second-order valence-corrected chi connectivity index (χ2v) is 4.76. The first-order valence-corrected chi connectivity index (χ1v) is 7.04. The van der Waals surface area contributed by atoms with Crippen molar-refractivity contribution < 1.29 is 27.8 Å². The van der Waals surface area contributed by atoms with E-state index in [1.165, 1.54) is 9.80 Å². The number of nitrogens with zero attached hydrogens (tertiary/aromatic N) is 3. The van der Waals surface area contributed by atoms with Crippen LogP contribution in [0.15, 0.2) is 23.5 Å². The summed E-state index contributed by atoms with van der Waals surface area (Å²) in [7, 11) is 0. The van der Waals surface area contributed by atoms with Crippen molar-refractivity contribution in [3.63, 3.8) is 0 Å². The van der Waals surface area contributed by atoms with Crippen LogP contribution in [0.4, 0.5) is 18.0 Å². The molecule has 1 fully saturated rings. The van der Waals surface area contributed by atoms with Crippen LogP contribution in [0.1, 0.15) is 6.92 Å². The predicted molar refractivity (Wildman–Crippen MR) is 78.4 cm³/mol. The topological polar surface area (TPSA) is 101 Å². The van der Waals surface area contributed by atoms with Crippen molar-refractivity contribution in [1.82, 2.24) is 9.80 Å². The van der Waals surface area contributed by atoms with Gasteiger partial charge in [-0.15, -0.1) is 0 Å². The molecule has 24 heavy (non-hydrogen) atoms. The van der Waals surface area contributed by atoms with E-state index in [9.17, 15) is 18.0 Å². The van der Waals surface area contributed by atoms with Crippen LogP contribution in [0.3, 0.4) is 0 Å². The normalized spacial score (nSPS) is 16.6. The fourth-order valence-electron chi connectivity index (χ4n) is 1.92. The van der Waals surface area contributed by atoms with Crippen LogP contribution in [-0.4, -0.2) is 65.8 Å². The van der Waals surface area contributed by atoms with Crippen LogP contribution in [0.25, 0.3) is 0 Å². The maximum atomic E-state index is 12.2. The van der Waals surface area contributed by atoms with Crippen molar-refractivity contribution in [1.29, 1.82) is 10.7 Å². The molecule has 10 heteroatoms. The standard InChI is InChI=1S/C14H17F3N4O3/c1-2-24-13(23)21-7-5-20(6-8-21)12(19)10(9-18)3-4-11(22)14(15,16)17/h3-4,19,22H,2,5-8H2,1H3/b10-3+,11-4-,19-12?. The molecular weight excluding hydrogens is 329 g/mol. The molecule has 0 saturated carbocycles. The second-order valence-electron chi connectivity index (χ2n) is 4.76. The molecule has 1 aliphatic rings. The Morgan fingerprint density at radius 1 is 1.29 bits per heavy atom. The first kappa shape index (κ1) is 19.3. The molecule has 0 spiro atoms. The van der Waals surface area contributed by atoms with Crippen LogP contribution >= 0.6 is 0 Å². The Morgan fingerprint density at radius 2 is 1.83 bits per heavy atom. The number of allylic oxidation sites excluding steroid dienone is 3. The Hall–Kier alpha value is -2.70. The maximum absolute atomic E-state index is 12.2. The Labute approximate surface area is 136 Å². The molecule has 0 aromatic heterocycles. The molecule has 0 aliphatic carbocycles. The number of hydrogen-bond donors (Lipinski definition) is 2. The molecule has 7 nitrogen and oxygen atoms in total. The number of ether oxygens (including phenoxy) is 1. The molecule has 132 valence electrons. The number of aliphatic hydroxyl groups excluding tert-OH is 1. The summed E-state index contributed by atoms with van der Waals surface area (Å²) in [6, 6.07) is 1.63. The van der Waals surface area contributed by atoms with Gasteiger partial charge in [-0.1, -0.05) is 0 Å². The summed E-state index contributed by atoms with van der Waals surface area (Å²) in [4.78, 5) is 14.5. The number of amides is 1. The van der Waals surface area contributed by atoms with E-state index in [1.54, 1.807) is 13.0 Å². The van der Waals surface area contributed by atoms with E-state index >= 15 is 0 Å². The van der Waals surface area contributed by atoms with Gasteiger partial charge in [0.1, 0.15) is 11.9 Å². The van der Waals surface area contributed by atoms with Crippen LogP contribution < -0.4 is 0 Å². The number of hydrogen-bond acceptors (Lipinski definition) is 5. The zero-order chi connectivity index (χ0) is 18.3. The third-order valence-electron chi connectivity index (χ3n) is 3.20. The van der Waals surface area contributed by atoms with Crippen LogP contribution in [-0.2, 0) is 4.74 Å². The Balaban J connectivity index is 2.73. The van der Waals surface area contributed by atoms with Gasteiger partial charge in [-0.25, -0.2) is 4.79 Å². The summed E-state index contributed by atoms with van der Waals surface area (Å²) in [6.45, 7) is 2.94. The number of carbonyl (C=O) groups is 1. The minimum Gasteiger partial charge on any atom is -0.504 e. The molecule has 2 N–H and O–H groups in total. The molecule has 0 aromatic rings. The summed E-state index contributed by atoms with van der Waals surface area (Å²) in [5.41, 5.74) is -0.324. The number of nitriles is 1. The summed E-state index contributed by atoms with van der Waals surface area (Å²) in [5, 5.41) is 25.7. The highest BCUT2D eigenvalue weighted by atomic mass is 19.4. The SMILES string of the molecule is CCOC(=O)N1CCN(C(=N)/C(C#N)=C/C=C(\O)C(F)(F)F)CC1. The van der Waals surface area contributed by atoms with Crippen LogP contribution in [0, 0.1) is 16.7 Å². The van der Waals surface area contributed by atoms with Gasteiger partial charge in [-0.2, -0.15) is 18.4 Å². The minimum absolute atomic E-state index is 0.241. The molecule has 0 unspecified atom stereocenters. The van der Waals surface area contributed by atoms with E-state index in [0.717, 1.165) is 6.08 Å². The highest BCUT2D eigenvalue weighted by molar-refractivity contribution is 5.99. The Bertz CT molecular complexity index is 585. The van der Waals surface area contributed by atoms with Crippen molar-refractivity contribution in [2.45, 2.75) is 13.1 Å². The van der Waals surface area contributed by atoms with Gasteiger partial charge in [0.2, 0.25) is 0 Å². The summed E-state index contributed by atoms with van der Waals surface area (Å²) in [5.74, 6) is -2.12. The van der Waals surface area contributed by atoms with Gasteiger partial charge in [-0.3, -0.25) is 5.41 Å². The molecule has 1 amide bonds. The van der Waals surface area contributed by atoms with Gasteiger partial charge in [0, 0.05) is 26.2 Å². The van der Waals surface area contributed by atoms with Crippen molar-refractivity contribution in [3.05, 3.63) is 23.5 Å². The number of alkyl halides is 3. The van der Waals surface area contributed by atoms with E-state index in [4.69, 9.17) is 20.5 Å². The minimum atomic E-state index is -4.91. The second kappa shape index (κ2) is 8.24. The smallest absolute Gasteiger partial charge is 0.448 e. The molecular formula is C14H17F3N4O3. The first-order chi connectivity index (χ1) is 11.2. The summed E-state index contributed by atoms with van der Waals surface area (Å²) < 4.78 is 41.4. The third kappa shape index (κ3) is 5.19. The fraction of sp³-hybridized carbons (Fsp3) is 0.500. The van der Waals surface area contributed by atoms with Gasteiger partial charge in [0.05, 0.1) is 12.2 Å². The maximum Gasteiger partial charge on any atom is 0.448 e. The van der Waals surface area contributed by atoms with Gasteiger partial charge in [-0.05, 0) is 19.1 Å². The highest BCUT2D eigenvalue weighted by Crippen LogP contribution is 2.23. The lowest BCUT2D eigenvalue weighted by molar-refractivity contribution is -0.120. The lowest BCUT2D eigenvalue weighted by Gasteiger charge is -2.35. The van der Waals surface area contributed by atoms with Crippen LogP contribution in [0.2, 0.25) is 0 Å². The van der Waals surface area contributed by atoms with E-state index in [-0.39, 0.29) is 44.2 Å². The number of nitrogens with one attached hydrogen (secondary N) is 1. The van der Waals surface area contributed by atoms with Crippen molar-refractivity contribution in [2.75, 3.05) is 32.8 Å². The van der Waals surface area contributed by atoms with Crippen LogP contribution in [0.5, 0.6) is 0 Å². The molecule has 1 heterocycles. The van der Waals surface area contributed by atoms with Gasteiger partial charge < -0.3 is 19.6 Å². The number of halogens is 3. The predicted octanol–water partition coefficient (Wildman–Crippen LogP) is 2.19. The fourth-order valence-corrected chi connectivity index (χ4v) is 1.92. The lowest BCUT2D eigenvalue weighted by atomic mass is 10.2. The van der Waals surface area contributed by atoms with Gasteiger partial charge in [0.25, 0.3) is 0 Å². The zero-order valence-electron chi connectivity index (χ0n) is 12.9. The number of aliphatic hydroxyl groups is 1.